The van der Waals surface area contributed by atoms with Gasteiger partial charge in [0.05, 0.1) is 37.5 Å². The van der Waals surface area contributed by atoms with Crippen molar-refractivity contribution in [2.45, 2.75) is 49.6 Å². The third kappa shape index (κ3) is 4.90. The molecule has 10 heteroatoms. The van der Waals surface area contributed by atoms with E-state index < -0.39 is 24.0 Å². The van der Waals surface area contributed by atoms with E-state index >= 15 is 0 Å². The number of fused-ring (bicyclic) bond motifs is 2. The summed E-state index contributed by atoms with van der Waals surface area (Å²) in [7, 11) is 4.06. The van der Waals surface area contributed by atoms with Crippen LogP contribution < -0.4 is 0 Å². The number of hydrogen-bond donors (Lipinski definition) is 0. The standard InChI is InChI=1S/C25H30Cl2F2N4OS/c1-16-18(14-33(30-16)22-17(12-31(2)3)5-4-6-20(22)26)13-32-9-7-24(8-10-32)23-19(11-21(27)35-23)25(28,29)15-34-24/h4-6,11,14,19,23H,7-10,12-13,15H2,1-3H3. The van der Waals surface area contributed by atoms with E-state index in [0.717, 1.165) is 48.7 Å². The number of halogens is 4. The van der Waals surface area contributed by atoms with Gasteiger partial charge in [-0.15, -0.1) is 11.8 Å². The first-order valence-corrected chi connectivity index (χ1v) is 13.5. The number of ether oxygens (including phenoxy) is 1. The molecule has 2 fully saturated rings. The minimum Gasteiger partial charge on any atom is -0.367 e. The topological polar surface area (TPSA) is 33.5 Å². The van der Waals surface area contributed by atoms with E-state index in [4.69, 9.17) is 33.0 Å². The van der Waals surface area contributed by atoms with Crippen LogP contribution in [0.2, 0.25) is 5.02 Å². The molecule has 0 saturated carbocycles. The van der Waals surface area contributed by atoms with Gasteiger partial charge in [0.25, 0.3) is 5.92 Å². The van der Waals surface area contributed by atoms with Gasteiger partial charge >= 0.3 is 0 Å². The van der Waals surface area contributed by atoms with Crippen molar-refractivity contribution in [3.63, 3.8) is 0 Å². The van der Waals surface area contributed by atoms with Crippen LogP contribution >= 0.6 is 35.0 Å². The summed E-state index contributed by atoms with van der Waals surface area (Å²) in [6.07, 6.45) is 5.01. The van der Waals surface area contributed by atoms with Crippen LogP contribution in [0.4, 0.5) is 8.78 Å². The average molecular weight is 544 g/mol. The number of hydrogen-bond acceptors (Lipinski definition) is 5. The predicted molar refractivity (Wildman–Crippen MR) is 138 cm³/mol. The number of likely N-dealkylation sites (tertiary alicyclic amines) is 1. The second-order valence-electron chi connectivity index (χ2n) is 10.1. The molecule has 4 heterocycles. The molecule has 1 aromatic carbocycles. The van der Waals surface area contributed by atoms with E-state index in [2.05, 4.69) is 22.1 Å². The second-order valence-corrected chi connectivity index (χ2v) is 12.3. The third-order valence-electron chi connectivity index (χ3n) is 7.32. The maximum atomic E-state index is 14.5. The van der Waals surface area contributed by atoms with Gasteiger partial charge in [0.15, 0.2) is 0 Å². The van der Waals surface area contributed by atoms with Crippen molar-refractivity contribution in [3.8, 4) is 5.69 Å². The van der Waals surface area contributed by atoms with Crippen LogP contribution in [0.3, 0.4) is 0 Å². The summed E-state index contributed by atoms with van der Waals surface area (Å²) in [5, 5.41) is 5.11. The van der Waals surface area contributed by atoms with Crippen molar-refractivity contribution in [2.75, 3.05) is 33.8 Å². The maximum Gasteiger partial charge on any atom is 0.278 e. The third-order valence-corrected chi connectivity index (χ3v) is 9.35. The number of allylic oxidation sites excluding steroid dienone is 1. The Bertz CT molecular complexity index is 1130. The predicted octanol–water partition coefficient (Wildman–Crippen LogP) is 5.71. The smallest absolute Gasteiger partial charge is 0.278 e. The lowest BCUT2D eigenvalue weighted by atomic mass is 9.77. The van der Waals surface area contributed by atoms with Crippen molar-refractivity contribution in [1.29, 1.82) is 0 Å². The second kappa shape index (κ2) is 9.62. The molecule has 5 rings (SSSR count). The van der Waals surface area contributed by atoms with Crippen molar-refractivity contribution in [2.24, 2.45) is 5.92 Å². The molecule has 2 atom stereocenters. The Kier molecular flexibility index (Phi) is 7.00. The van der Waals surface area contributed by atoms with Crippen LogP contribution in [0, 0.1) is 12.8 Å². The summed E-state index contributed by atoms with van der Waals surface area (Å²) in [4.78, 5) is 4.46. The lowest BCUT2D eigenvalue weighted by molar-refractivity contribution is -0.215. The van der Waals surface area contributed by atoms with E-state index in [-0.39, 0.29) is 5.25 Å². The SMILES string of the molecule is Cc1nn(-c2c(Cl)cccc2CN(C)C)cc1CN1CCC2(CC1)OCC(F)(F)C1C=C(Cl)SC12. The molecule has 2 saturated heterocycles. The number of nitrogens with zero attached hydrogens (tertiary/aromatic N) is 4. The highest BCUT2D eigenvalue weighted by Gasteiger charge is 2.60. The van der Waals surface area contributed by atoms with Gasteiger partial charge < -0.3 is 9.64 Å². The molecule has 190 valence electrons. The zero-order valence-corrected chi connectivity index (χ0v) is 22.4. The van der Waals surface area contributed by atoms with Crippen LogP contribution in [0.15, 0.2) is 34.8 Å². The van der Waals surface area contributed by atoms with Gasteiger partial charge in [0.1, 0.15) is 6.61 Å². The Labute approximate surface area is 219 Å². The Morgan fingerprint density at radius 2 is 1.94 bits per heavy atom. The van der Waals surface area contributed by atoms with Crippen LogP contribution in [0.1, 0.15) is 29.7 Å². The summed E-state index contributed by atoms with van der Waals surface area (Å²) >= 11 is 14.1. The highest BCUT2D eigenvalue weighted by molar-refractivity contribution is 8.05. The van der Waals surface area contributed by atoms with E-state index in [1.165, 1.54) is 17.8 Å². The number of thioether (sulfide) groups is 1. The molecule has 1 spiro atoms. The molecule has 0 N–H and O–H groups in total. The van der Waals surface area contributed by atoms with E-state index in [1.54, 1.807) is 0 Å². The fourth-order valence-corrected chi connectivity index (χ4v) is 7.58. The van der Waals surface area contributed by atoms with Crippen molar-refractivity contribution < 1.29 is 13.5 Å². The van der Waals surface area contributed by atoms with Gasteiger partial charge in [-0.05, 0) is 51.6 Å². The van der Waals surface area contributed by atoms with Gasteiger partial charge in [0.2, 0.25) is 0 Å². The number of benzene rings is 1. The minimum atomic E-state index is -2.87. The van der Waals surface area contributed by atoms with Crippen LogP contribution in [-0.4, -0.2) is 70.1 Å². The van der Waals surface area contributed by atoms with Crippen LogP contribution in [-0.2, 0) is 17.8 Å². The fraction of sp³-hybridized carbons (Fsp3) is 0.560. The summed E-state index contributed by atoms with van der Waals surface area (Å²) < 4.78 is 37.2. The highest BCUT2D eigenvalue weighted by atomic mass is 35.5. The Hall–Kier alpha value is -1.16. The molecule has 2 aromatic rings. The van der Waals surface area contributed by atoms with Gasteiger partial charge in [-0.2, -0.15) is 5.10 Å². The van der Waals surface area contributed by atoms with Crippen LogP contribution in [0.25, 0.3) is 5.69 Å². The Morgan fingerprint density at radius 1 is 1.20 bits per heavy atom. The summed E-state index contributed by atoms with van der Waals surface area (Å²) in [6, 6.07) is 5.93. The zero-order chi connectivity index (χ0) is 25.0. The monoisotopic (exact) mass is 542 g/mol. The quantitative estimate of drug-likeness (QED) is 0.483. The van der Waals surface area contributed by atoms with Gasteiger partial charge in [-0.3, -0.25) is 4.90 Å². The highest BCUT2D eigenvalue weighted by Crippen LogP contribution is 2.56. The lowest BCUT2D eigenvalue weighted by Gasteiger charge is -2.51. The van der Waals surface area contributed by atoms with Gasteiger partial charge in [-0.1, -0.05) is 35.3 Å². The zero-order valence-electron chi connectivity index (χ0n) is 20.1. The normalized spacial score (nSPS) is 25.8. The van der Waals surface area contributed by atoms with Crippen molar-refractivity contribution in [3.05, 3.63) is 56.7 Å². The first-order valence-electron chi connectivity index (χ1n) is 11.8. The van der Waals surface area contributed by atoms with Crippen LogP contribution in [0.5, 0.6) is 0 Å². The molecule has 3 aliphatic heterocycles. The summed E-state index contributed by atoms with van der Waals surface area (Å²) in [5.41, 5.74) is 3.54. The molecule has 0 radical (unpaired) electrons. The van der Waals surface area contributed by atoms with E-state index in [0.29, 0.717) is 22.2 Å². The maximum absolute atomic E-state index is 14.5. The van der Waals surface area contributed by atoms with Crippen molar-refractivity contribution >= 4 is 35.0 Å². The van der Waals surface area contributed by atoms with Crippen molar-refractivity contribution in [1.82, 2.24) is 19.6 Å². The number of para-hydroxylation sites is 1. The minimum absolute atomic E-state index is 0.333. The molecule has 2 unspecified atom stereocenters. The average Bonchev–Trinajstić information content (AvgIpc) is 3.36. The first-order chi connectivity index (χ1) is 16.6. The molecular formula is C25H30Cl2F2N4OS. The van der Waals surface area contributed by atoms with Gasteiger partial charge in [-0.25, -0.2) is 13.5 Å². The first kappa shape index (κ1) is 25.5. The molecule has 1 aromatic heterocycles. The number of aromatic nitrogens is 2. The molecule has 5 nitrogen and oxygen atoms in total. The van der Waals surface area contributed by atoms with E-state index in [9.17, 15) is 8.78 Å². The Balaban J connectivity index is 1.29. The number of aryl methyl sites for hydroxylation is 1. The molecular weight excluding hydrogens is 513 g/mol. The molecule has 35 heavy (non-hydrogen) atoms. The van der Waals surface area contributed by atoms with Gasteiger partial charge in [0, 0.05) is 37.9 Å². The summed E-state index contributed by atoms with van der Waals surface area (Å²) in [6.45, 7) is 4.53. The van der Waals surface area contributed by atoms with E-state index in [1.807, 2.05) is 37.8 Å². The molecule has 3 aliphatic rings. The Morgan fingerprint density at radius 3 is 2.66 bits per heavy atom. The number of rotatable bonds is 5. The lowest BCUT2D eigenvalue weighted by Crippen LogP contribution is -2.61. The number of piperidine rings is 1. The molecule has 0 bridgehead atoms. The number of alkyl halides is 2. The summed E-state index contributed by atoms with van der Waals surface area (Å²) in [5.74, 6) is -3.72. The molecule has 0 aliphatic carbocycles. The largest absolute Gasteiger partial charge is 0.367 e. The fourth-order valence-electron chi connectivity index (χ4n) is 5.47. The molecule has 0 amide bonds.